The number of hydrogen-bond acceptors (Lipinski definition) is 8. The van der Waals surface area contributed by atoms with Crippen molar-refractivity contribution in [1.29, 1.82) is 0 Å². The molecule has 1 aliphatic heterocycles. The number of benzene rings is 2. The Morgan fingerprint density at radius 1 is 1.00 bits per heavy atom. The molecule has 3 aromatic rings. The summed E-state index contributed by atoms with van der Waals surface area (Å²) in [7, 11) is -4.51. The summed E-state index contributed by atoms with van der Waals surface area (Å²) in [6, 6.07) is 15.6. The highest BCUT2D eigenvalue weighted by Gasteiger charge is 2.17. The third-order valence-electron chi connectivity index (χ3n) is 4.45. The molecule has 0 unspecified atom stereocenters. The van der Waals surface area contributed by atoms with Crippen LogP contribution in [0, 0.1) is 0 Å². The molecule has 0 saturated heterocycles. The van der Waals surface area contributed by atoms with E-state index in [9.17, 15) is 18.0 Å². The Hall–Kier alpha value is -4.42. The van der Waals surface area contributed by atoms with Gasteiger partial charge >= 0.3 is 10.1 Å². The van der Waals surface area contributed by atoms with Crippen LogP contribution in [0.3, 0.4) is 0 Å². The van der Waals surface area contributed by atoms with Crippen LogP contribution in [-0.2, 0) is 14.9 Å². The largest absolute Gasteiger partial charge is 0.454 e. The van der Waals surface area contributed by atoms with Crippen molar-refractivity contribution < 1.29 is 36.5 Å². The fourth-order valence-corrected chi connectivity index (χ4v) is 3.31. The van der Waals surface area contributed by atoms with Crippen LogP contribution < -0.4 is 20.2 Å². The Balaban J connectivity index is 1.54. The highest BCUT2D eigenvalue weighted by Crippen LogP contribution is 2.33. The van der Waals surface area contributed by atoms with Gasteiger partial charge in [0.25, 0.3) is 11.8 Å². The minimum absolute atomic E-state index is 0.0393. The average Bonchev–Trinajstić information content (AvgIpc) is 3.48. The van der Waals surface area contributed by atoms with Crippen LogP contribution in [0.25, 0.3) is 6.08 Å². The van der Waals surface area contributed by atoms with Gasteiger partial charge in [0.05, 0.1) is 6.21 Å². The number of nitrogens with zero attached hydrogens (tertiary/aromatic N) is 1. The summed E-state index contributed by atoms with van der Waals surface area (Å²) in [5, 5.41) is 5.59. The first-order chi connectivity index (χ1) is 16.3. The smallest absolute Gasteiger partial charge is 0.328 e. The maximum atomic E-state index is 12.8. The van der Waals surface area contributed by atoms with E-state index in [1.807, 2.05) is 0 Å². The summed E-state index contributed by atoms with van der Waals surface area (Å²) in [6.07, 6.45) is 2.46. The Labute approximate surface area is 193 Å². The number of amides is 2. The van der Waals surface area contributed by atoms with Crippen molar-refractivity contribution in [3.05, 3.63) is 83.2 Å². The van der Waals surface area contributed by atoms with Gasteiger partial charge in [0, 0.05) is 5.56 Å². The molecule has 0 bridgehead atoms. The summed E-state index contributed by atoms with van der Waals surface area (Å²) in [6.45, 7) is 0.0847. The SMILES string of the molecule is O=C(N/N=C/c1ccc(S(=O)(=O)O)o1)/C(=C\c1ccc2c(c1)OCO2)NC(=O)c1ccccc1. The minimum atomic E-state index is -4.51. The van der Waals surface area contributed by atoms with Crippen LogP contribution in [0.4, 0.5) is 0 Å². The molecule has 0 spiro atoms. The summed E-state index contributed by atoms with van der Waals surface area (Å²) in [5.41, 5.74) is 2.99. The zero-order valence-corrected chi connectivity index (χ0v) is 18.1. The number of hydrogen-bond donors (Lipinski definition) is 3. The third-order valence-corrected chi connectivity index (χ3v) is 5.18. The van der Waals surface area contributed by atoms with Crippen molar-refractivity contribution in [3.63, 3.8) is 0 Å². The first-order valence-electron chi connectivity index (χ1n) is 9.68. The number of rotatable bonds is 7. The third kappa shape index (κ3) is 5.49. The number of hydrazone groups is 1. The number of carbonyl (C=O) groups is 2. The van der Waals surface area contributed by atoms with Crippen molar-refractivity contribution in [1.82, 2.24) is 10.7 Å². The molecule has 0 aliphatic carbocycles. The number of carbonyl (C=O) groups excluding carboxylic acids is 2. The molecular weight excluding hydrogens is 466 g/mol. The van der Waals surface area contributed by atoms with Crippen molar-refractivity contribution in [2.75, 3.05) is 6.79 Å². The Morgan fingerprint density at radius 3 is 2.50 bits per heavy atom. The van der Waals surface area contributed by atoms with E-state index >= 15 is 0 Å². The quantitative estimate of drug-likeness (QED) is 0.200. The van der Waals surface area contributed by atoms with E-state index in [-0.39, 0.29) is 18.3 Å². The maximum absolute atomic E-state index is 12.8. The van der Waals surface area contributed by atoms with Crippen LogP contribution in [0.5, 0.6) is 11.5 Å². The van der Waals surface area contributed by atoms with Gasteiger partial charge in [0.15, 0.2) is 11.5 Å². The molecule has 3 N–H and O–H groups in total. The first kappa shape index (κ1) is 22.8. The van der Waals surface area contributed by atoms with Crippen LogP contribution in [0.15, 0.2) is 81.0 Å². The lowest BCUT2D eigenvalue weighted by atomic mass is 10.1. The van der Waals surface area contributed by atoms with Gasteiger partial charge < -0.3 is 19.2 Å². The lowest BCUT2D eigenvalue weighted by molar-refractivity contribution is -0.117. The lowest BCUT2D eigenvalue weighted by Crippen LogP contribution is -2.32. The summed E-state index contributed by atoms with van der Waals surface area (Å²) in [5.74, 6) is -0.269. The predicted octanol–water partition coefficient (Wildman–Crippen LogP) is 2.18. The summed E-state index contributed by atoms with van der Waals surface area (Å²) < 4.78 is 46.6. The Morgan fingerprint density at radius 2 is 1.76 bits per heavy atom. The molecule has 34 heavy (non-hydrogen) atoms. The van der Waals surface area contributed by atoms with Crippen LogP contribution in [-0.4, -0.2) is 37.8 Å². The van der Waals surface area contributed by atoms with Gasteiger partial charge in [-0.25, -0.2) is 5.43 Å². The molecule has 1 aliphatic rings. The van der Waals surface area contributed by atoms with E-state index < -0.39 is 27.0 Å². The second-order valence-electron chi connectivity index (χ2n) is 6.82. The molecule has 0 saturated carbocycles. The zero-order valence-electron chi connectivity index (χ0n) is 17.3. The van der Waals surface area contributed by atoms with Gasteiger partial charge in [-0.05, 0) is 48.0 Å². The molecule has 0 atom stereocenters. The molecule has 11 nitrogen and oxygen atoms in total. The van der Waals surface area contributed by atoms with Crippen molar-refractivity contribution in [2.45, 2.75) is 5.09 Å². The standard InChI is InChI=1S/C22H17N3O8S/c26-21(15-4-2-1-3-5-15)24-17(10-14-6-8-18-19(11-14)32-13-31-18)22(27)25-23-12-16-7-9-20(33-16)34(28,29)30/h1-12H,13H2,(H,24,26)(H,25,27)(H,28,29,30)/b17-10+,23-12+. The van der Waals surface area contributed by atoms with Gasteiger partial charge in [-0.3, -0.25) is 14.1 Å². The second-order valence-corrected chi connectivity index (χ2v) is 8.17. The molecule has 4 rings (SSSR count). The van der Waals surface area contributed by atoms with Crippen molar-refractivity contribution in [2.24, 2.45) is 5.10 Å². The van der Waals surface area contributed by atoms with Crippen LogP contribution in [0.2, 0.25) is 0 Å². The second kappa shape index (κ2) is 9.60. The predicted molar refractivity (Wildman–Crippen MR) is 119 cm³/mol. The fourth-order valence-electron chi connectivity index (χ4n) is 2.87. The molecule has 0 fully saturated rings. The van der Waals surface area contributed by atoms with Crippen molar-refractivity contribution in [3.8, 4) is 11.5 Å². The van der Waals surface area contributed by atoms with E-state index in [1.54, 1.807) is 48.5 Å². The molecule has 12 heteroatoms. The molecule has 174 valence electrons. The fraction of sp³-hybridized carbons (Fsp3) is 0.0455. The summed E-state index contributed by atoms with van der Waals surface area (Å²) in [4.78, 5) is 25.4. The van der Waals surface area contributed by atoms with Crippen molar-refractivity contribution >= 4 is 34.2 Å². The zero-order chi connectivity index (χ0) is 24.1. The Bertz CT molecular complexity index is 1390. The van der Waals surface area contributed by atoms with E-state index in [2.05, 4.69) is 15.8 Å². The van der Waals surface area contributed by atoms with E-state index in [0.29, 0.717) is 22.6 Å². The molecule has 0 radical (unpaired) electrons. The summed E-state index contributed by atoms with van der Waals surface area (Å²) >= 11 is 0. The van der Waals surface area contributed by atoms with Gasteiger partial charge in [-0.15, -0.1) is 0 Å². The minimum Gasteiger partial charge on any atom is -0.454 e. The molecular formula is C22H17N3O8S. The monoisotopic (exact) mass is 483 g/mol. The van der Waals surface area contributed by atoms with Gasteiger partial charge in [-0.1, -0.05) is 24.3 Å². The van der Waals surface area contributed by atoms with Gasteiger partial charge in [0.1, 0.15) is 11.5 Å². The van der Waals surface area contributed by atoms with Crippen LogP contribution in [0.1, 0.15) is 21.7 Å². The van der Waals surface area contributed by atoms with E-state index in [4.69, 9.17) is 18.4 Å². The van der Waals surface area contributed by atoms with Gasteiger partial charge in [-0.2, -0.15) is 13.5 Å². The first-order valence-corrected chi connectivity index (χ1v) is 11.1. The van der Waals surface area contributed by atoms with Crippen LogP contribution >= 0.6 is 0 Å². The molecule has 2 aromatic carbocycles. The molecule has 2 heterocycles. The normalized spacial score (nSPS) is 13.1. The number of fused-ring (bicyclic) bond motifs is 1. The number of nitrogens with one attached hydrogen (secondary N) is 2. The van der Waals surface area contributed by atoms with E-state index in [1.165, 1.54) is 12.1 Å². The van der Waals surface area contributed by atoms with E-state index in [0.717, 1.165) is 12.3 Å². The highest BCUT2D eigenvalue weighted by molar-refractivity contribution is 7.85. The highest BCUT2D eigenvalue weighted by atomic mass is 32.2. The lowest BCUT2D eigenvalue weighted by Gasteiger charge is -2.09. The van der Waals surface area contributed by atoms with Gasteiger partial charge in [0.2, 0.25) is 11.9 Å². The maximum Gasteiger partial charge on any atom is 0.328 e. The molecule has 1 aromatic heterocycles. The topological polar surface area (TPSA) is 157 Å². The number of furan rings is 1. The Kier molecular flexibility index (Phi) is 6.43. The molecule has 2 amide bonds. The number of ether oxygens (including phenoxy) is 2. The average molecular weight is 483 g/mol.